The van der Waals surface area contributed by atoms with Crippen LogP contribution < -0.4 is 16.0 Å². The van der Waals surface area contributed by atoms with E-state index in [2.05, 4.69) is 35.9 Å². The van der Waals surface area contributed by atoms with Crippen LogP contribution in [0.25, 0.3) is 11.3 Å². The number of methoxy groups -OCH3 is 1. The van der Waals surface area contributed by atoms with Crippen molar-refractivity contribution in [3.8, 4) is 0 Å². The minimum Gasteiger partial charge on any atom is -0.453 e. The Morgan fingerprint density at radius 2 is 1.64 bits per heavy atom. The molecular weight excluding hydrogens is 570 g/mol. The molecule has 0 bridgehead atoms. The summed E-state index contributed by atoms with van der Waals surface area (Å²) in [5, 5.41) is 9.41. The number of aromatic amines is 1. The van der Waals surface area contributed by atoms with Gasteiger partial charge in [-0.05, 0) is 35.6 Å². The normalized spacial score (nSPS) is 17.1. The smallest absolute Gasteiger partial charge is 0.407 e. The highest BCUT2D eigenvalue weighted by atomic mass is 16.5. The van der Waals surface area contributed by atoms with Crippen LogP contribution in [0.3, 0.4) is 0 Å². The maximum absolute atomic E-state index is 14.0. The highest BCUT2D eigenvalue weighted by Gasteiger charge is 2.33. The number of aryl methyl sites for hydroxylation is 1. The minimum absolute atomic E-state index is 0.0140. The van der Waals surface area contributed by atoms with Gasteiger partial charge in [0.05, 0.1) is 25.9 Å². The molecule has 45 heavy (non-hydrogen) atoms. The van der Waals surface area contributed by atoms with E-state index >= 15 is 0 Å². The van der Waals surface area contributed by atoms with Crippen molar-refractivity contribution in [1.82, 2.24) is 30.6 Å². The molecule has 3 atom stereocenters. The third-order valence-corrected chi connectivity index (χ3v) is 7.98. The lowest BCUT2D eigenvalue weighted by Crippen LogP contribution is -2.48. The zero-order valence-electron chi connectivity index (χ0n) is 24.9. The Labute approximate surface area is 260 Å². The number of fused-ring (bicyclic) bond motifs is 1. The number of aromatic nitrogens is 4. The summed E-state index contributed by atoms with van der Waals surface area (Å²) < 4.78 is 11.1. The topological polar surface area (TPSA) is 143 Å². The molecule has 0 saturated carbocycles. The van der Waals surface area contributed by atoms with Gasteiger partial charge in [-0.3, -0.25) is 4.79 Å². The van der Waals surface area contributed by atoms with Crippen molar-refractivity contribution >= 4 is 29.0 Å². The lowest BCUT2D eigenvalue weighted by atomic mass is 9.84. The first-order valence-corrected chi connectivity index (χ1v) is 14.9. The number of nitrogens with zero attached hydrogens (tertiary/aromatic N) is 3. The van der Waals surface area contributed by atoms with Crippen molar-refractivity contribution in [3.63, 3.8) is 0 Å². The monoisotopic (exact) mass is 605 g/mol. The number of hydrogen-bond donors (Lipinski definition) is 4. The van der Waals surface area contributed by atoms with Crippen LogP contribution in [0, 0.1) is 0 Å². The van der Waals surface area contributed by atoms with Gasteiger partial charge in [0, 0.05) is 30.5 Å². The van der Waals surface area contributed by atoms with Gasteiger partial charge < -0.3 is 30.4 Å². The summed E-state index contributed by atoms with van der Waals surface area (Å²) in [7, 11) is 1.29. The Morgan fingerprint density at radius 1 is 0.956 bits per heavy atom. The molecule has 4 N–H and O–H groups in total. The minimum atomic E-state index is -0.943. The second-order valence-electron chi connectivity index (χ2n) is 10.9. The average Bonchev–Trinajstić information content (AvgIpc) is 3.53. The molecule has 230 valence electrons. The van der Waals surface area contributed by atoms with Gasteiger partial charge in [-0.15, -0.1) is 0 Å². The number of para-hydroxylation sites is 1. The molecule has 0 spiro atoms. The first-order chi connectivity index (χ1) is 22.1. The summed E-state index contributed by atoms with van der Waals surface area (Å²) in [5.74, 6) is -0.0485. The number of amides is 2. The molecule has 5 aromatic rings. The maximum Gasteiger partial charge on any atom is 0.407 e. The molecule has 0 radical (unpaired) electrons. The molecule has 2 aromatic heterocycles. The Hall–Kier alpha value is -5.13. The van der Waals surface area contributed by atoms with Crippen molar-refractivity contribution in [2.45, 2.75) is 36.9 Å². The summed E-state index contributed by atoms with van der Waals surface area (Å²) in [4.78, 5) is 42.8. The van der Waals surface area contributed by atoms with Crippen molar-refractivity contribution in [3.05, 3.63) is 120 Å². The van der Waals surface area contributed by atoms with Gasteiger partial charge in [-0.1, -0.05) is 78.9 Å². The van der Waals surface area contributed by atoms with Crippen molar-refractivity contribution in [2.24, 2.45) is 0 Å². The van der Waals surface area contributed by atoms with Gasteiger partial charge in [0.2, 0.25) is 5.91 Å². The van der Waals surface area contributed by atoms with Crippen LogP contribution in [0.1, 0.15) is 40.9 Å². The summed E-state index contributed by atoms with van der Waals surface area (Å²) in [6.07, 6.45) is 3.98. The van der Waals surface area contributed by atoms with Gasteiger partial charge in [0.25, 0.3) is 0 Å². The van der Waals surface area contributed by atoms with Crippen molar-refractivity contribution < 1.29 is 19.1 Å². The fraction of sp³-hybridized carbons (Fsp3) is 0.265. The van der Waals surface area contributed by atoms with Crippen molar-refractivity contribution in [2.75, 3.05) is 25.6 Å². The lowest BCUT2D eigenvalue weighted by Gasteiger charge is -2.30. The van der Waals surface area contributed by atoms with Crippen LogP contribution in [-0.4, -0.2) is 64.3 Å². The van der Waals surface area contributed by atoms with Gasteiger partial charge in [-0.2, -0.15) is 0 Å². The van der Waals surface area contributed by atoms with Gasteiger partial charge in [0.1, 0.15) is 11.9 Å². The van der Waals surface area contributed by atoms with E-state index in [4.69, 9.17) is 9.47 Å². The quantitative estimate of drug-likeness (QED) is 0.182. The predicted molar refractivity (Wildman–Crippen MR) is 170 cm³/mol. The van der Waals surface area contributed by atoms with E-state index in [0.717, 1.165) is 28.9 Å². The summed E-state index contributed by atoms with van der Waals surface area (Å²) >= 11 is 0. The molecule has 1 saturated heterocycles. The number of carbonyl (C=O) groups is 2. The lowest BCUT2D eigenvalue weighted by molar-refractivity contribution is -0.118. The molecule has 11 heteroatoms. The fourth-order valence-corrected chi connectivity index (χ4v) is 5.69. The summed E-state index contributed by atoms with van der Waals surface area (Å²) in [6.45, 7) is 1.11. The number of ether oxygens (including phenoxy) is 2. The number of rotatable bonds is 10. The Morgan fingerprint density at radius 3 is 2.31 bits per heavy atom. The third-order valence-electron chi connectivity index (χ3n) is 7.98. The van der Waals surface area contributed by atoms with Crippen LogP contribution in [0.4, 0.5) is 10.5 Å². The zero-order valence-corrected chi connectivity index (χ0v) is 24.9. The number of hydrogen-bond acceptors (Lipinski definition) is 8. The van der Waals surface area contributed by atoms with Crippen LogP contribution in [-0.2, 0) is 20.7 Å². The molecule has 11 nitrogen and oxygen atoms in total. The third kappa shape index (κ3) is 7.17. The summed E-state index contributed by atoms with van der Waals surface area (Å²) in [5.41, 5.74) is 4.67. The number of benzene rings is 3. The number of alkyl carbamates (subject to hydrolysis) is 1. The van der Waals surface area contributed by atoms with Crippen LogP contribution in [0.15, 0.2) is 97.3 Å². The van der Waals surface area contributed by atoms with E-state index in [0.29, 0.717) is 36.6 Å². The van der Waals surface area contributed by atoms with Crippen LogP contribution in [0.2, 0.25) is 0 Å². The number of H-pyrrole nitrogens is 1. The fourth-order valence-electron chi connectivity index (χ4n) is 5.69. The molecule has 0 aliphatic carbocycles. The van der Waals surface area contributed by atoms with Gasteiger partial charge in [0.15, 0.2) is 11.3 Å². The largest absolute Gasteiger partial charge is 0.453 e. The van der Waals surface area contributed by atoms with Gasteiger partial charge >= 0.3 is 6.09 Å². The van der Waals surface area contributed by atoms with Gasteiger partial charge in [-0.25, -0.2) is 19.7 Å². The number of anilines is 1. The second-order valence-corrected chi connectivity index (χ2v) is 10.9. The van der Waals surface area contributed by atoms with E-state index in [-0.39, 0.29) is 18.1 Å². The summed E-state index contributed by atoms with van der Waals surface area (Å²) in [6, 6.07) is 26.0. The number of imidazole rings is 1. The highest BCUT2D eigenvalue weighted by molar-refractivity contribution is 5.98. The predicted octanol–water partition coefficient (Wildman–Crippen LogP) is 4.51. The molecule has 1 aliphatic rings. The molecule has 1 unspecified atom stereocenters. The molecule has 1 aliphatic heterocycles. The average molecular weight is 606 g/mol. The standard InChI is InChI=1S/C34H35N7O4/c1-44-34(43)39-29(28(23-11-4-2-5-12-23)24-13-6-3-7-14-24)33(42)38-26-15-9-8-10-22(26)16-17-25-20-37-27(21-45-25)30-40-31-32(41-30)36-19-18-35-31/h2-15,18-19,25,27-29,37H,16-17,20-21H2,1H3,(H,38,42)(H,39,43)(H,35,36,40,41)/t25-,27+,29?/m1/s1. The zero-order chi connectivity index (χ0) is 31.0. The van der Waals surface area contributed by atoms with Crippen molar-refractivity contribution in [1.29, 1.82) is 0 Å². The van der Waals surface area contributed by atoms with Crippen LogP contribution in [0.5, 0.6) is 0 Å². The van der Waals surface area contributed by atoms with E-state index in [1.165, 1.54) is 7.11 Å². The molecule has 1 fully saturated rings. The molecule has 2 amide bonds. The Bertz CT molecular complexity index is 1650. The highest BCUT2D eigenvalue weighted by Crippen LogP contribution is 2.30. The maximum atomic E-state index is 14.0. The molecular formula is C34H35N7O4. The molecule has 3 aromatic carbocycles. The van der Waals surface area contributed by atoms with E-state index < -0.39 is 18.1 Å². The second kappa shape index (κ2) is 14.1. The van der Waals surface area contributed by atoms with E-state index in [1.807, 2.05) is 84.9 Å². The molecule has 6 rings (SSSR count). The molecule has 3 heterocycles. The SMILES string of the molecule is COC(=O)NC(C(=O)Nc1ccccc1CC[C@@H]1CN[C@H](c2nc3nccnc3[nH]2)CO1)C(c1ccccc1)c1ccccc1. The Kier molecular flexibility index (Phi) is 9.38. The van der Waals surface area contributed by atoms with E-state index in [9.17, 15) is 9.59 Å². The number of morpholine rings is 1. The number of nitrogens with one attached hydrogen (secondary N) is 4. The first kappa shape index (κ1) is 29.9. The van der Waals surface area contributed by atoms with E-state index in [1.54, 1.807) is 12.4 Å². The number of carbonyl (C=O) groups excluding carboxylic acids is 2. The first-order valence-electron chi connectivity index (χ1n) is 14.9. The Balaban J connectivity index is 1.14. The van der Waals surface area contributed by atoms with Crippen LogP contribution >= 0.6 is 0 Å².